The van der Waals surface area contributed by atoms with Crippen LogP contribution in [0.15, 0.2) is 34.8 Å². The molecule has 0 saturated carbocycles. The van der Waals surface area contributed by atoms with Crippen LogP contribution in [0.1, 0.15) is 25.3 Å². The zero-order chi connectivity index (χ0) is 12.7. The maximum Gasteiger partial charge on any atom is 0.134 e. The van der Waals surface area contributed by atoms with Gasteiger partial charge in [0.2, 0.25) is 0 Å². The molecule has 0 amide bonds. The van der Waals surface area contributed by atoms with Crippen LogP contribution in [0.25, 0.3) is 0 Å². The minimum Gasteiger partial charge on any atom is -0.488 e. The molecular formula is C14H20BrNO. The van der Waals surface area contributed by atoms with Gasteiger partial charge in [-0.2, -0.15) is 0 Å². The van der Waals surface area contributed by atoms with Crippen LogP contribution < -0.4 is 10.5 Å². The van der Waals surface area contributed by atoms with Crippen molar-refractivity contribution >= 4 is 15.9 Å². The fourth-order valence-corrected chi connectivity index (χ4v) is 2.10. The third-order valence-corrected chi connectivity index (χ3v) is 3.32. The Morgan fingerprint density at radius 1 is 1.41 bits per heavy atom. The van der Waals surface area contributed by atoms with E-state index in [4.69, 9.17) is 10.5 Å². The predicted octanol–water partition coefficient (Wildman–Crippen LogP) is 3.69. The summed E-state index contributed by atoms with van der Waals surface area (Å²) in [5, 5.41) is 0. The molecule has 0 unspecified atom stereocenters. The standard InChI is InChI=1S/C14H20BrNO/c1-11(2)10-17-13-8-5-7-12(14(13)15)6-3-4-9-16/h5,7-8H,1,3-4,6,9-10,16H2,2H3. The summed E-state index contributed by atoms with van der Waals surface area (Å²) in [4.78, 5) is 0. The average molecular weight is 298 g/mol. The Bertz CT molecular complexity index is 376. The monoisotopic (exact) mass is 297 g/mol. The first kappa shape index (κ1) is 14.3. The van der Waals surface area contributed by atoms with Crippen LogP contribution in [0.2, 0.25) is 0 Å². The molecule has 3 heteroatoms. The zero-order valence-electron chi connectivity index (χ0n) is 10.3. The topological polar surface area (TPSA) is 35.2 Å². The van der Waals surface area contributed by atoms with Gasteiger partial charge in [-0.3, -0.25) is 0 Å². The number of nitrogens with two attached hydrogens (primary N) is 1. The fraction of sp³-hybridized carbons (Fsp3) is 0.429. The van der Waals surface area contributed by atoms with E-state index in [2.05, 4.69) is 28.6 Å². The molecule has 2 nitrogen and oxygen atoms in total. The van der Waals surface area contributed by atoms with Crippen molar-refractivity contribution < 1.29 is 4.74 Å². The van der Waals surface area contributed by atoms with E-state index in [-0.39, 0.29) is 0 Å². The van der Waals surface area contributed by atoms with Crippen LogP contribution >= 0.6 is 15.9 Å². The van der Waals surface area contributed by atoms with E-state index in [1.807, 2.05) is 19.1 Å². The molecule has 0 aliphatic heterocycles. The van der Waals surface area contributed by atoms with Crippen LogP contribution in [0.4, 0.5) is 0 Å². The maximum atomic E-state index is 5.67. The van der Waals surface area contributed by atoms with Crippen LogP contribution in [-0.2, 0) is 6.42 Å². The highest BCUT2D eigenvalue weighted by atomic mass is 79.9. The Labute approximate surface area is 112 Å². The van der Waals surface area contributed by atoms with Crippen molar-refractivity contribution in [3.05, 3.63) is 40.4 Å². The lowest BCUT2D eigenvalue weighted by molar-refractivity contribution is 0.350. The largest absolute Gasteiger partial charge is 0.488 e. The Hall–Kier alpha value is -0.800. The Morgan fingerprint density at radius 2 is 2.18 bits per heavy atom. The Kier molecular flexibility index (Phi) is 6.30. The quantitative estimate of drug-likeness (QED) is 0.615. The number of hydrogen-bond acceptors (Lipinski definition) is 2. The number of aryl methyl sites for hydroxylation is 1. The van der Waals surface area contributed by atoms with Crippen molar-refractivity contribution in [1.82, 2.24) is 0 Å². The Morgan fingerprint density at radius 3 is 2.82 bits per heavy atom. The van der Waals surface area contributed by atoms with Crippen LogP contribution in [0.3, 0.4) is 0 Å². The molecular weight excluding hydrogens is 278 g/mol. The minimum atomic E-state index is 0.560. The second-order valence-corrected chi connectivity index (χ2v) is 5.01. The summed E-state index contributed by atoms with van der Waals surface area (Å²) in [6.45, 7) is 7.10. The van der Waals surface area contributed by atoms with Gasteiger partial charge in [0.25, 0.3) is 0 Å². The molecule has 0 fully saturated rings. The highest BCUT2D eigenvalue weighted by Gasteiger charge is 2.06. The molecule has 1 aromatic rings. The number of unbranched alkanes of at least 4 members (excludes halogenated alkanes) is 1. The summed E-state index contributed by atoms with van der Waals surface area (Å²) in [6.07, 6.45) is 3.20. The Balaban J connectivity index is 2.66. The van der Waals surface area contributed by atoms with Gasteiger partial charge in [-0.05, 0) is 65.9 Å². The number of hydrogen-bond donors (Lipinski definition) is 1. The molecule has 2 N–H and O–H groups in total. The average Bonchev–Trinajstić information content (AvgIpc) is 2.30. The van der Waals surface area contributed by atoms with Crippen molar-refractivity contribution in [2.24, 2.45) is 5.73 Å². The molecule has 0 radical (unpaired) electrons. The summed E-state index contributed by atoms with van der Waals surface area (Å²) in [5.74, 6) is 0.887. The first-order chi connectivity index (χ1) is 8.15. The van der Waals surface area contributed by atoms with Gasteiger partial charge >= 0.3 is 0 Å². The van der Waals surface area contributed by atoms with Gasteiger partial charge in [-0.1, -0.05) is 18.7 Å². The van der Waals surface area contributed by atoms with Crippen LogP contribution in [0.5, 0.6) is 5.75 Å². The van der Waals surface area contributed by atoms with E-state index in [9.17, 15) is 0 Å². The molecule has 0 bridgehead atoms. The van der Waals surface area contributed by atoms with E-state index in [0.29, 0.717) is 6.61 Å². The van der Waals surface area contributed by atoms with E-state index in [1.54, 1.807) is 0 Å². The van der Waals surface area contributed by atoms with Gasteiger partial charge in [-0.15, -0.1) is 0 Å². The number of halogens is 1. The fourth-order valence-electron chi connectivity index (χ4n) is 1.52. The lowest BCUT2D eigenvalue weighted by Gasteiger charge is -2.11. The predicted molar refractivity (Wildman–Crippen MR) is 76.4 cm³/mol. The third kappa shape index (κ3) is 4.92. The summed E-state index contributed by atoms with van der Waals surface area (Å²) in [5.41, 5.74) is 7.79. The second kappa shape index (κ2) is 7.51. The van der Waals surface area contributed by atoms with Crippen molar-refractivity contribution in [1.29, 1.82) is 0 Å². The van der Waals surface area contributed by atoms with Crippen LogP contribution in [0, 0.1) is 0 Å². The van der Waals surface area contributed by atoms with Gasteiger partial charge in [0, 0.05) is 0 Å². The van der Waals surface area contributed by atoms with Crippen LogP contribution in [-0.4, -0.2) is 13.2 Å². The van der Waals surface area contributed by atoms with Gasteiger partial charge in [0.15, 0.2) is 0 Å². The van der Waals surface area contributed by atoms with Crippen molar-refractivity contribution in [3.8, 4) is 5.75 Å². The highest BCUT2D eigenvalue weighted by molar-refractivity contribution is 9.10. The first-order valence-corrected chi connectivity index (χ1v) is 6.69. The van der Waals surface area contributed by atoms with Gasteiger partial charge in [0.05, 0.1) is 4.47 Å². The van der Waals surface area contributed by atoms with Gasteiger partial charge in [0.1, 0.15) is 12.4 Å². The summed E-state index contributed by atoms with van der Waals surface area (Å²) >= 11 is 3.60. The molecule has 0 heterocycles. The van der Waals surface area contributed by atoms with Gasteiger partial charge < -0.3 is 10.5 Å². The lowest BCUT2D eigenvalue weighted by Crippen LogP contribution is -2.01. The number of benzene rings is 1. The summed E-state index contributed by atoms with van der Waals surface area (Å²) in [6, 6.07) is 6.12. The first-order valence-electron chi connectivity index (χ1n) is 5.89. The maximum absolute atomic E-state index is 5.67. The van der Waals surface area contributed by atoms with E-state index >= 15 is 0 Å². The molecule has 0 atom stereocenters. The minimum absolute atomic E-state index is 0.560. The molecule has 17 heavy (non-hydrogen) atoms. The van der Waals surface area contributed by atoms with E-state index in [1.165, 1.54) is 5.56 Å². The van der Waals surface area contributed by atoms with Crippen molar-refractivity contribution in [2.45, 2.75) is 26.2 Å². The zero-order valence-corrected chi connectivity index (χ0v) is 11.9. The van der Waals surface area contributed by atoms with E-state index in [0.717, 1.165) is 41.6 Å². The summed E-state index contributed by atoms with van der Waals surface area (Å²) < 4.78 is 6.73. The molecule has 0 spiro atoms. The molecule has 94 valence electrons. The molecule has 1 aromatic carbocycles. The number of rotatable bonds is 7. The second-order valence-electron chi connectivity index (χ2n) is 4.22. The molecule has 0 aromatic heterocycles. The SMILES string of the molecule is C=C(C)COc1cccc(CCCCN)c1Br. The smallest absolute Gasteiger partial charge is 0.134 e. The molecule has 0 aliphatic carbocycles. The van der Waals surface area contributed by atoms with Gasteiger partial charge in [-0.25, -0.2) is 0 Å². The van der Waals surface area contributed by atoms with E-state index < -0.39 is 0 Å². The third-order valence-electron chi connectivity index (χ3n) is 2.42. The normalized spacial score (nSPS) is 10.3. The molecule has 0 aliphatic rings. The van der Waals surface area contributed by atoms with Crippen molar-refractivity contribution in [2.75, 3.05) is 13.2 Å². The lowest BCUT2D eigenvalue weighted by atomic mass is 10.1. The molecule has 1 rings (SSSR count). The molecule has 0 saturated heterocycles. The number of ether oxygens (including phenoxy) is 1. The van der Waals surface area contributed by atoms with Crippen molar-refractivity contribution in [3.63, 3.8) is 0 Å². The summed E-state index contributed by atoms with van der Waals surface area (Å²) in [7, 11) is 0. The highest BCUT2D eigenvalue weighted by Crippen LogP contribution is 2.29.